The Labute approximate surface area is 91.7 Å². The fraction of sp³-hybridized carbons (Fsp3) is 0.200. The van der Waals surface area contributed by atoms with E-state index in [1.807, 2.05) is 6.07 Å². The van der Waals surface area contributed by atoms with E-state index in [4.69, 9.17) is 17.3 Å². The lowest BCUT2D eigenvalue weighted by Crippen LogP contribution is -2.05. The van der Waals surface area contributed by atoms with Crippen LogP contribution >= 0.6 is 11.6 Å². The normalized spacial score (nSPS) is 10.8. The molecule has 0 saturated heterocycles. The van der Waals surface area contributed by atoms with Crippen molar-refractivity contribution in [2.45, 2.75) is 13.3 Å². The van der Waals surface area contributed by atoms with Gasteiger partial charge in [0.05, 0.1) is 11.9 Å². The molecule has 0 atom stereocenters. The van der Waals surface area contributed by atoms with Crippen LogP contribution in [0.2, 0.25) is 5.15 Å². The number of anilines is 1. The Morgan fingerprint density at radius 1 is 1.60 bits per heavy atom. The molecule has 2 aromatic heterocycles. The fourth-order valence-electron chi connectivity index (χ4n) is 1.54. The third-order valence-electron chi connectivity index (χ3n) is 2.12. The Morgan fingerprint density at radius 2 is 2.33 bits per heavy atom. The molecular formula is C10H10ClN3O. The van der Waals surface area contributed by atoms with Gasteiger partial charge in [-0.1, -0.05) is 17.7 Å². The molecule has 2 rings (SSSR count). The van der Waals surface area contributed by atoms with Crippen molar-refractivity contribution in [2.24, 2.45) is 0 Å². The highest BCUT2D eigenvalue weighted by Gasteiger charge is 2.12. The van der Waals surface area contributed by atoms with Crippen molar-refractivity contribution in [3.8, 4) is 0 Å². The number of hydrogen-bond donors (Lipinski definition) is 1. The van der Waals surface area contributed by atoms with Crippen LogP contribution in [0.4, 0.5) is 5.82 Å². The molecule has 0 fully saturated rings. The van der Waals surface area contributed by atoms with Gasteiger partial charge in [0, 0.05) is 0 Å². The minimum atomic E-state index is 0.0295. The lowest BCUT2D eigenvalue weighted by atomic mass is 10.3. The molecule has 0 radical (unpaired) electrons. The molecule has 0 aliphatic rings. The van der Waals surface area contributed by atoms with Crippen molar-refractivity contribution in [3.05, 3.63) is 29.2 Å². The molecule has 0 unspecified atom stereocenters. The number of imidazole rings is 1. The number of halogens is 1. The van der Waals surface area contributed by atoms with Crippen LogP contribution < -0.4 is 5.73 Å². The molecule has 0 aliphatic heterocycles. The van der Waals surface area contributed by atoms with Crippen LogP contribution in [0.15, 0.2) is 18.2 Å². The maximum atomic E-state index is 11.0. The highest BCUT2D eigenvalue weighted by atomic mass is 35.5. The van der Waals surface area contributed by atoms with Gasteiger partial charge >= 0.3 is 0 Å². The van der Waals surface area contributed by atoms with Crippen LogP contribution in [0.5, 0.6) is 0 Å². The van der Waals surface area contributed by atoms with Crippen molar-refractivity contribution in [2.75, 3.05) is 5.73 Å². The molecule has 2 N–H and O–H groups in total. The molecule has 15 heavy (non-hydrogen) atoms. The number of pyridine rings is 1. The highest BCUT2D eigenvalue weighted by molar-refractivity contribution is 6.32. The third kappa shape index (κ3) is 1.68. The molecule has 0 spiro atoms. The van der Waals surface area contributed by atoms with Gasteiger partial charge in [0.2, 0.25) is 0 Å². The number of Topliss-reactive ketones (excluding diaryl/α,β-unsaturated/α-hetero) is 1. The summed E-state index contributed by atoms with van der Waals surface area (Å²) in [4.78, 5) is 15.2. The first-order valence-electron chi connectivity index (χ1n) is 4.50. The number of rotatable bonds is 2. The van der Waals surface area contributed by atoms with Gasteiger partial charge in [-0.2, -0.15) is 0 Å². The van der Waals surface area contributed by atoms with Gasteiger partial charge in [-0.15, -0.1) is 0 Å². The molecule has 0 bridgehead atoms. The van der Waals surface area contributed by atoms with E-state index in [0.29, 0.717) is 16.8 Å². The van der Waals surface area contributed by atoms with Crippen molar-refractivity contribution in [1.29, 1.82) is 0 Å². The summed E-state index contributed by atoms with van der Waals surface area (Å²) in [6.07, 6.45) is 0.238. The van der Waals surface area contributed by atoms with Crippen LogP contribution in [0.3, 0.4) is 0 Å². The second-order valence-corrected chi connectivity index (χ2v) is 3.73. The number of carbonyl (C=O) groups is 1. The van der Waals surface area contributed by atoms with Crippen molar-refractivity contribution >= 4 is 28.7 Å². The van der Waals surface area contributed by atoms with Crippen molar-refractivity contribution in [3.63, 3.8) is 0 Å². The van der Waals surface area contributed by atoms with E-state index in [9.17, 15) is 4.79 Å². The van der Waals surface area contributed by atoms with E-state index >= 15 is 0 Å². The number of carbonyl (C=O) groups excluding carboxylic acids is 1. The van der Waals surface area contributed by atoms with Gasteiger partial charge in [0.1, 0.15) is 17.4 Å². The summed E-state index contributed by atoms with van der Waals surface area (Å²) >= 11 is 5.93. The lowest BCUT2D eigenvalue weighted by Gasteiger charge is -2.02. The van der Waals surface area contributed by atoms with E-state index in [2.05, 4.69) is 4.98 Å². The molecule has 0 saturated carbocycles. The van der Waals surface area contributed by atoms with E-state index in [0.717, 1.165) is 5.52 Å². The number of fused-ring (bicyclic) bond motifs is 1. The zero-order valence-corrected chi connectivity index (χ0v) is 8.95. The predicted octanol–water partition coefficient (Wildman–Crippen LogP) is 1.70. The monoisotopic (exact) mass is 223 g/mol. The maximum Gasteiger partial charge on any atom is 0.155 e. The maximum absolute atomic E-state index is 11.0. The first kappa shape index (κ1) is 9.98. The standard InChI is InChI=1S/C10H10ClN3O/c1-6(15)5-9-13-10(11)7-3-2-4-8(12)14(7)9/h2-4H,5,12H2,1H3. The van der Waals surface area contributed by atoms with Crippen molar-refractivity contribution in [1.82, 2.24) is 9.38 Å². The summed E-state index contributed by atoms with van der Waals surface area (Å²) in [5.74, 6) is 1.14. The Morgan fingerprint density at radius 3 is 3.00 bits per heavy atom. The SMILES string of the molecule is CC(=O)Cc1nc(Cl)c2cccc(N)n12. The lowest BCUT2D eigenvalue weighted by molar-refractivity contribution is -0.116. The largest absolute Gasteiger partial charge is 0.385 e. The minimum absolute atomic E-state index is 0.0295. The van der Waals surface area contributed by atoms with E-state index in [1.54, 1.807) is 16.5 Å². The van der Waals surface area contributed by atoms with E-state index in [-0.39, 0.29) is 12.2 Å². The molecule has 5 heteroatoms. The zero-order chi connectivity index (χ0) is 11.0. The number of ketones is 1. The molecule has 2 heterocycles. The number of nitrogen functional groups attached to an aromatic ring is 1. The van der Waals surface area contributed by atoms with Crippen LogP contribution in [0.25, 0.3) is 5.52 Å². The van der Waals surface area contributed by atoms with Crippen molar-refractivity contribution < 1.29 is 4.79 Å². The number of hydrogen-bond acceptors (Lipinski definition) is 3. The second-order valence-electron chi connectivity index (χ2n) is 3.37. The van der Waals surface area contributed by atoms with E-state index < -0.39 is 0 Å². The average Bonchev–Trinajstić information content (AvgIpc) is 2.44. The molecule has 2 aromatic rings. The molecule has 0 aliphatic carbocycles. The number of nitrogens with zero attached hydrogens (tertiary/aromatic N) is 2. The van der Waals surface area contributed by atoms with Crippen LogP contribution in [-0.4, -0.2) is 15.2 Å². The van der Waals surface area contributed by atoms with Gasteiger partial charge < -0.3 is 5.73 Å². The Kier molecular flexibility index (Phi) is 2.36. The van der Waals surface area contributed by atoms with Crippen LogP contribution in [0.1, 0.15) is 12.7 Å². The molecular weight excluding hydrogens is 214 g/mol. The predicted molar refractivity (Wildman–Crippen MR) is 59.0 cm³/mol. The van der Waals surface area contributed by atoms with Gasteiger partial charge in [0.25, 0.3) is 0 Å². The van der Waals surface area contributed by atoms with Gasteiger partial charge in [-0.25, -0.2) is 4.98 Å². The van der Waals surface area contributed by atoms with Crippen LogP contribution in [-0.2, 0) is 11.2 Å². The highest BCUT2D eigenvalue weighted by Crippen LogP contribution is 2.21. The number of nitrogens with two attached hydrogens (primary N) is 1. The fourth-order valence-corrected chi connectivity index (χ4v) is 1.78. The summed E-state index contributed by atoms with van der Waals surface area (Å²) in [5, 5.41) is 0.374. The summed E-state index contributed by atoms with van der Waals surface area (Å²) in [5.41, 5.74) is 6.53. The summed E-state index contributed by atoms with van der Waals surface area (Å²) in [6, 6.07) is 5.36. The molecule has 78 valence electrons. The van der Waals surface area contributed by atoms with Gasteiger partial charge in [-0.05, 0) is 19.1 Å². The zero-order valence-electron chi connectivity index (χ0n) is 8.20. The first-order chi connectivity index (χ1) is 7.09. The Bertz CT molecular complexity index is 533. The topological polar surface area (TPSA) is 60.4 Å². The second kappa shape index (κ2) is 3.55. The quantitative estimate of drug-likeness (QED) is 0.843. The molecule has 4 nitrogen and oxygen atoms in total. The molecule has 0 aromatic carbocycles. The smallest absolute Gasteiger partial charge is 0.155 e. The first-order valence-corrected chi connectivity index (χ1v) is 4.88. The summed E-state index contributed by atoms with van der Waals surface area (Å²) in [7, 11) is 0. The molecule has 0 amide bonds. The summed E-state index contributed by atoms with van der Waals surface area (Å²) < 4.78 is 1.70. The Balaban J connectivity index is 2.70. The van der Waals surface area contributed by atoms with E-state index in [1.165, 1.54) is 6.92 Å². The van der Waals surface area contributed by atoms with Gasteiger partial charge in [0.15, 0.2) is 5.15 Å². The van der Waals surface area contributed by atoms with Gasteiger partial charge in [-0.3, -0.25) is 9.20 Å². The van der Waals surface area contributed by atoms with Crippen LogP contribution in [0, 0.1) is 0 Å². The minimum Gasteiger partial charge on any atom is -0.385 e. The third-order valence-corrected chi connectivity index (χ3v) is 2.40. The summed E-state index contributed by atoms with van der Waals surface area (Å²) in [6.45, 7) is 1.51. The Hall–Kier alpha value is -1.55. The number of aromatic nitrogens is 2. The average molecular weight is 224 g/mol.